The van der Waals surface area contributed by atoms with E-state index >= 15 is 0 Å². The summed E-state index contributed by atoms with van der Waals surface area (Å²) in [7, 11) is 0. The molecule has 0 amide bonds. The molecule has 0 aliphatic rings. The molecule has 0 fully saturated rings. The largest absolute Gasteiger partial charge is 0.422 e. The highest BCUT2D eigenvalue weighted by atomic mass is 19.4. The number of aromatic amines is 1. The van der Waals surface area contributed by atoms with Crippen LogP contribution in [0.15, 0.2) is 11.0 Å². The minimum atomic E-state index is -5.08. The molecule has 0 aliphatic carbocycles. The van der Waals surface area contributed by atoms with Gasteiger partial charge in [-0.3, -0.25) is 4.79 Å². The number of halogens is 5. The zero-order valence-corrected chi connectivity index (χ0v) is 8.11. The van der Waals surface area contributed by atoms with Gasteiger partial charge in [-0.25, -0.2) is 8.78 Å². The molecule has 0 radical (unpaired) electrons. The summed E-state index contributed by atoms with van der Waals surface area (Å²) in [5.41, 5.74) is -5.23. The standard InChI is InChI=1S/C9H5F5N2O/c10-7(11)5-3-16-8(17)6(9(12,13)14)4(5)1-2-15/h3,7H,1H2,(H,16,17). The molecule has 1 rings (SSSR count). The summed E-state index contributed by atoms with van der Waals surface area (Å²) < 4.78 is 62.4. The van der Waals surface area contributed by atoms with Crippen molar-refractivity contribution < 1.29 is 22.0 Å². The quantitative estimate of drug-likeness (QED) is 0.821. The van der Waals surface area contributed by atoms with Crippen LogP contribution in [0.4, 0.5) is 22.0 Å². The van der Waals surface area contributed by atoms with Gasteiger partial charge in [0, 0.05) is 11.8 Å². The lowest BCUT2D eigenvalue weighted by atomic mass is 10.0. The van der Waals surface area contributed by atoms with E-state index in [1.807, 2.05) is 0 Å². The maximum Gasteiger partial charge on any atom is 0.422 e. The second-order valence-electron chi connectivity index (χ2n) is 3.06. The van der Waals surface area contributed by atoms with Gasteiger partial charge in [-0.15, -0.1) is 0 Å². The average molecular weight is 252 g/mol. The first-order chi connectivity index (χ1) is 7.79. The Kier molecular flexibility index (Phi) is 3.50. The first kappa shape index (κ1) is 13.2. The second-order valence-corrected chi connectivity index (χ2v) is 3.06. The first-order valence-corrected chi connectivity index (χ1v) is 4.25. The Hall–Kier alpha value is -1.91. The highest BCUT2D eigenvalue weighted by Crippen LogP contribution is 2.33. The van der Waals surface area contributed by atoms with E-state index in [1.165, 1.54) is 6.07 Å². The molecule has 0 atom stereocenters. The van der Waals surface area contributed by atoms with Gasteiger partial charge in [0.2, 0.25) is 0 Å². The molecule has 3 nitrogen and oxygen atoms in total. The van der Waals surface area contributed by atoms with Crippen LogP contribution in [-0.4, -0.2) is 4.98 Å². The van der Waals surface area contributed by atoms with Crippen molar-refractivity contribution in [3.05, 3.63) is 33.2 Å². The smallest absolute Gasteiger partial charge is 0.328 e. The number of rotatable bonds is 2. The molecule has 0 aromatic carbocycles. The van der Waals surface area contributed by atoms with Crippen LogP contribution in [0.2, 0.25) is 0 Å². The minimum absolute atomic E-state index is 0.495. The molecule has 92 valence electrons. The first-order valence-electron chi connectivity index (χ1n) is 4.25. The molecule has 17 heavy (non-hydrogen) atoms. The van der Waals surface area contributed by atoms with E-state index in [4.69, 9.17) is 5.26 Å². The van der Waals surface area contributed by atoms with Crippen molar-refractivity contribution >= 4 is 0 Å². The Labute approximate surface area is 91.5 Å². The van der Waals surface area contributed by atoms with Gasteiger partial charge in [0.1, 0.15) is 5.56 Å². The summed E-state index contributed by atoms with van der Waals surface area (Å²) in [6.45, 7) is 0. The molecule has 0 saturated carbocycles. The fraction of sp³-hybridized carbons (Fsp3) is 0.333. The van der Waals surface area contributed by atoms with E-state index in [1.54, 1.807) is 4.98 Å². The van der Waals surface area contributed by atoms with Crippen LogP contribution < -0.4 is 5.56 Å². The molecule has 1 aromatic heterocycles. The topological polar surface area (TPSA) is 56.6 Å². The van der Waals surface area contributed by atoms with Gasteiger partial charge in [-0.2, -0.15) is 18.4 Å². The third-order valence-electron chi connectivity index (χ3n) is 2.01. The highest BCUT2D eigenvalue weighted by Gasteiger charge is 2.38. The van der Waals surface area contributed by atoms with Crippen LogP contribution in [0, 0.1) is 11.3 Å². The summed E-state index contributed by atoms with van der Waals surface area (Å²) in [5, 5.41) is 8.33. The molecule has 8 heteroatoms. The van der Waals surface area contributed by atoms with Crippen LogP contribution in [0.5, 0.6) is 0 Å². The van der Waals surface area contributed by atoms with Gasteiger partial charge in [-0.05, 0) is 5.56 Å². The van der Waals surface area contributed by atoms with E-state index in [-0.39, 0.29) is 0 Å². The Morgan fingerprint density at radius 1 is 1.41 bits per heavy atom. The Balaban J connectivity index is 3.62. The molecule has 0 saturated heterocycles. The van der Waals surface area contributed by atoms with Crippen molar-refractivity contribution in [2.24, 2.45) is 0 Å². The number of H-pyrrole nitrogens is 1. The van der Waals surface area contributed by atoms with Crippen molar-refractivity contribution in [3.8, 4) is 6.07 Å². The molecule has 1 aromatic rings. The molecule has 0 aliphatic heterocycles. The highest BCUT2D eigenvalue weighted by molar-refractivity contribution is 5.36. The Morgan fingerprint density at radius 3 is 2.41 bits per heavy atom. The average Bonchev–Trinajstić information content (AvgIpc) is 2.15. The molecule has 0 unspecified atom stereocenters. The number of aromatic nitrogens is 1. The van der Waals surface area contributed by atoms with Gasteiger partial charge in [-0.1, -0.05) is 0 Å². The molecule has 0 bridgehead atoms. The normalized spacial score (nSPS) is 11.6. The van der Waals surface area contributed by atoms with Crippen LogP contribution in [-0.2, 0) is 12.6 Å². The summed E-state index contributed by atoms with van der Waals surface area (Å²) in [4.78, 5) is 12.6. The molecule has 0 spiro atoms. The fourth-order valence-corrected chi connectivity index (χ4v) is 1.35. The number of nitriles is 1. The molecule has 1 heterocycles. The van der Waals surface area contributed by atoms with Gasteiger partial charge in [0.25, 0.3) is 12.0 Å². The lowest BCUT2D eigenvalue weighted by Crippen LogP contribution is -2.25. The van der Waals surface area contributed by atoms with E-state index in [9.17, 15) is 26.7 Å². The van der Waals surface area contributed by atoms with Crippen molar-refractivity contribution in [2.75, 3.05) is 0 Å². The third-order valence-corrected chi connectivity index (χ3v) is 2.01. The van der Waals surface area contributed by atoms with Gasteiger partial charge < -0.3 is 4.98 Å². The van der Waals surface area contributed by atoms with Gasteiger partial charge in [0.15, 0.2) is 0 Å². The summed E-state index contributed by atoms with van der Waals surface area (Å²) in [6, 6.07) is 1.33. The van der Waals surface area contributed by atoms with Crippen molar-refractivity contribution in [1.82, 2.24) is 4.98 Å². The number of nitrogens with zero attached hydrogens (tertiary/aromatic N) is 1. The second kappa shape index (κ2) is 4.53. The lowest BCUT2D eigenvalue weighted by Gasteiger charge is -2.13. The number of hydrogen-bond acceptors (Lipinski definition) is 2. The van der Waals surface area contributed by atoms with Crippen LogP contribution in [0.1, 0.15) is 23.1 Å². The van der Waals surface area contributed by atoms with Gasteiger partial charge in [0.05, 0.1) is 12.5 Å². The fourth-order valence-electron chi connectivity index (χ4n) is 1.35. The zero-order chi connectivity index (χ0) is 13.2. The molecular formula is C9H5F5N2O. The number of alkyl halides is 5. The van der Waals surface area contributed by atoms with Crippen molar-refractivity contribution in [3.63, 3.8) is 0 Å². The number of nitrogens with one attached hydrogen (secondary N) is 1. The minimum Gasteiger partial charge on any atom is -0.328 e. The Bertz CT molecular complexity index is 512. The molecule has 1 N–H and O–H groups in total. The maximum absolute atomic E-state index is 12.5. The summed E-state index contributed by atoms with van der Waals surface area (Å²) >= 11 is 0. The van der Waals surface area contributed by atoms with Crippen molar-refractivity contribution in [1.29, 1.82) is 5.26 Å². The predicted molar refractivity (Wildman–Crippen MR) is 46.3 cm³/mol. The van der Waals surface area contributed by atoms with E-state index in [0.717, 1.165) is 0 Å². The van der Waals surface area contributed by atoms with Crippen LogP contribution >= 0.6 is 0 Å². The Morgan fingerprint density at radius 2 is 2.00 bits per heavy atom. The van der Waals surface area contributed by atoms with E-state index in [0.29, 0.717) is 6.20 Å². The number of pyridine rings is 1. The maximum atomic E-state index is 12.5. The molecular weight excluding hydrogens is 247 g/mol. The van der Waals surface area contributed by atoms with Gasteiger partial charge >= 0.3 is 6.18 Å². The van der Waals surface area contributed by atoms with E-state index in [2.05, 4.69) is 0 Å². The third kappa shape index (κ3) is 2.61. The summed E-state index contributed by atoms with van der Waals surface area (Å²) in [6.07, 6.45) is -8.69. The zero-order valence-electron chi connectivity index (χ0n) is 8.11. The summed E-state index contributed by atoms with van der Waals surface area (Å²) in [5.74, 6) is 0. The van der Waals surface area contributed by atoms with Crippen LogP contribution in [0.3, 0.4) is 0 Å². The van der Waals surface area contributed by atoms with Crippen LogP contribution in [0.25, 0.3) is 0 Å². The van der Waals surface area contributed by atoms with E-state index < -0.39 is 41.3 Å². The SMILES string of the molecule is N#CCc1c(C(F)F)c[nH]c(=O)c1C(F)(F)F. The van der Waals surface area contributed by atoms with Crippen molar-refractivity contribution in [2.45, 2.75) is 19.0 Å². The lowest BCUT2D eigenvalue weighted by molar-refractivity contribution is -0.139. The monoisotopic (exact) mass is 252 g/mol. The predicted octanol–water partition coefficient (Wildman–Crippen LogP) is 2.40. The number of hydrogen-bond donors (Lipinski definition) is 1.